The van der Waals surface area contributed by atoms with Gasteiger partial charge in [0.15, 0.2) is 5.78 Å². The number of Topliss-reactive ketones (excluding diaryl/α,β-unsaturated/α-hetero) is 1. The molecule has 2 fully saturated rings. The third kappa shape index (κ3) is 4.12. The van der Waals surface area contributed by atoms with Crippen molar-refractivity contribution >= 4 is 34.5 Å². The lowest BCUT2D eigenvalue weighted by Crippen LogP contribution is -2.38. The van der Waals surface area contributed by atoms with Crippen LogP contribution >= 0.6 is 11.3 Å². The Balaban J connectivity index is 1.31. The molecule has 34 heavy (non-hydrogen) atoms. The van der Waals surface area contributed by atoms with Crippen molar-refractivity contribution in [2.24, 2.45) is 5.92 Å². The Morgan fingerprint density at radius 1 is 1.09 bits per heavy atom. The van der Waals surface area contributed by atoms with Gasteiger partial charge in [0.05, 0.1) is 36.2 Å². The van der Waals surface area contributed by atoms with Crippen molar-refractivity contribution in [3.05, 3.63) is 58.9 Å². The second kappa shape index (κ2) is 8.92. The van der Waals surface area contributed by atoms with Crippen molar-refractivity contribution < 1.29 is 14.3 Å². The molecule has 1 saturated heterocycles. The van der Waals surface area contributed by atoms with E-state index in [2.05, 4.69) is 14.9 Å². The molecule has 1 amide bonds. The summed E-state index contributed by atoms with van der Waals surface area (Å²) < 4.78 is 5.43. The van der Waals surface area contributed by atoms with Crippen LogP contribution in [-0.4, -0.2) is 54.5 Å². The average molecular weight is 475 g/mol. The summed E-state index contributed by atoms with van der Waals surface area (Å²) in [5.74, 6) is 1.37. The van der Waals surface area contributed by atoms with Crippen LogP contribution in [-0.2, 0) is 11.2 Å². The number of anilines is 2. The van der Waals surface area contributed by atoms with E-state index in [0.717, 1.165) is 39.7 Å². The smallest absolute Gasteiger partial charge is 0.278 e. The fourth-order valence-electron chi connectivity index (χ4n) is 4.67. The molecule has 1 aliphatic carbocycles. The molecule has 0 radical (unpaired) electrons. The van der Waals surface area contributed by atoms with Gasteiger partial charge in [-0.25, -0.2) is 4.98 Å². The number of carbonyl (C=O) groups excluding carboxylic acids is 2. The molecule has 174 valence electrons. The number of hydrogen-bond acceptors (Lipinski definition) is 7. The van der Waals surface area contributed by atoms with Gasteiger partial charge in [0.1, 0.15) is 11.5 Å². The molecular weight excluding hydrogens is 448 g/mol. The highest BCUT2D eigenvalue weighted by Crippen LogP contribution is 2.43. The van der Waals surface area contributed by atoms with E-state index in [-0.39, 0.29) is 11.7 Å². The number of ether oxygens (including phenoxy) is 1. The fraction of sp³-hybridized carbons (Fsp3) is 0.385. The van der Waals surface area contributed by atoms with Gasteiger partial charge in [-0.1, -0.05) is 18.2 Å². The standard InChI is InChI=1S/C26H26N4O3S/c31-22(13-17-5-6-17)23-14-18-7-8-30(21-4-2-1-3-19(21)25(18)34-23)26(32)20-15-27-16-24(28-20)29-9-11-33-12-10-29/h1-4,14-17H,5-13H2. The minimum absolute atomic E-state index is 0.157. The first-order valence-electron chi connectivity index (χ1n) is 11.9. The number of benzene rings is 1. The number of thiophene rings is 1. The Morgan fingerprint density at radius 2 is 1.91 bits per heavy atom. The Kier molecular flexibility index (Phi) is 5.63. The molecule has 0 unspecified atom stereocenters. The zero-order chi connectivity index (χ0) is 23.1. The van der Waals surface area contributed by atoms with Gasteiger partial charge < -0.3 is 14.5 Å². The van der Waals surface area contributed by atoms with Gasteiger partial charge in [0, 0.05) is 36.5 Å². The molecule has 6 rings (SSSR count). The van der Waals surface area contributed by atoms with Crippen molar-refractivity contribution in [1.82, 2.24) is 9.97 Å². The molecule has 0 bridgehead atoms. The van der Waals surface area contributed by atoms with Crippen LogP contribution in [0.3, 0.4) is 0 Å². The Bertz CT molecular complexity index is 1250. The maximum Gasteiger partial charge on any atom is 0.278 e. The Morgan fingerprint density at radius 3 is 2.74 bits per heavy atom. The molecule has 7 nitrogen and oxygen atoms in total. The average Bonchev–Trinajstić information content (AvgIpc) is 3.63. The van der Waals surface area contributed by atoms with E-state index in [1.165, 1.54) is 12.8 Å². The highest BCUT2D eigenvalue weighted by molar-refractivity contribution is 7.17. The third-order valence-corrected chi connectivity index (χ3v) is 7.97. The highest BCUT2D eigenvalue weighted by Gasteiger charge is 2.30. The van der Waals surface area contributed by atoms with Crippen LogP contribution in [0.5, 0.6) is 0 Å². The summed E-state index contributed by atoms with van der Waals surface area (Å²) in [6, 6.07) is 10.0. The molecule has 2 aliphatic heterocycles. The van der Waals surface area contributed by atoms with E-state index in [1.807, 2.05) is 30.3 Å². The summed E-state index contributed by atoms with van der Waals surface area (Å²) >= 11 is 1.57. The zero-order valence-electron chi connectivity index (χ0n) is 18.9. The predicted octanol–water partition coefficient (Wildman–Crippen LogP) is 4.23. The van der Waals surface area contributed by atoms with Gasteiger partial charge in [0.25, 0.3) is 5.91 Å². The van der Waals surface area contributed by atoms with Crippen molar-refractivity contribution in [3.63, 3.8) is 0 Å². The second-order valence-electron chi connectivity index (χ2n) is 9.12. The topological polar surface area (TPSA) is 75.6 Å². The summed E-state index contributed by atoms with van der Waals surface area (Å²) in [5.41, 5.74) is 3.33. The van der Waals surface area contributed by atoms with E-state index in [1.54, 1.807) is 28.6 Å². The number of ketones is 1. The van der Waals surface area contributed by atoms with Crippen LogP contribution < -0.4 is 9.80 Å². The van der Waals surface area contributed by atoms with E-state index < -0.39 is 0 Å². The molecule has 1 saturated carbocycles. The van der Waals surface area contributed by atoms with E-state index in [0.29, 0.717) is 50.0 Å². The van der Waals surface area contributed by atoms with Gasteiger partial charge in [-0.05, 0) is 42.9 Å². The van der Waals surface area contributed by atoms with Crippen LogP contribution in [0, 0.1) is 5.92 Å². The van der Waals surface area contributed by atoms with Gasteiger partial charge in [-0.2, -0.15) is 0 Å². The van der Waals surface area contributed by atoms with Gasteiger partial charge in [0.2, 0.25) is 0 Å². The highest BCUT2D eigenvalue weighted by atomic mass is 32.1. The van der Waals surface area contributed by atoms with Crippen LogP contribution in [0.2, 0.25) is 0 Å². The van der Waals surface area contributed by atoms with Crippen molar-refractivity contribution in [3.8, 4) is 10.4 Å². The fourth-order valence-corrected chi connectivity index (χ4v) is 5.86. The van der Waals surface area contributed by atoms with Gasteiger partial charge in [-0.15, -0.1) is 11.3 Å². The summed E-state index contributed by atoms with van der Waals surface area (Å²) in [5, 5.41) is 0. The lowest BCUT2D eigenvalue weighted by atomic mass is 10.1. The van der Waals surface area contributed by atoms with Crippen LogP contribution in [0.25, 0.3) is 10.4 Å². The molecule has 1 aromatic carbocycles. The second-order valence-corrected chi connectivity index (χ2v) is 10.2. The molecule has 0 spiro atoms. The number of morpholine rings is 1. The molecule has 3 aromatic rings. The Hall–Kier alpha value is -3.10. The SMILES string of the molecule is O=C(CC1CC1)c1cc2c(s1)-c1ccccc1N(C(=O)c1cncc(N3CCOCC3)n1)CC2. The minimum Gasteiger partial charge on any atom is -0.378 e. The van der Waals surface area contributed by atoms with Crippen molar-refractivity contribution in [1.29, 1.82) is 0 Å². The predicted molar refractivity (Wildman–Crippen MR) is 132 cm³/mol. The largest absolute Gasteiger partial charge is 0.378 e. The molecule has 0 N–H and O–H groups in total. The number of nitrogens with zero attached hydrogens (tertiary/aromatic N) is 4. The quantitative estimate of drug-likeness (QED) is 0.515. The first-order chi connectivity index (χ1) is 16.7. The third-order valence-electron chi connectivity index (χ3n) is 6.72. The van der Waals surface area contributed by atoms with Crippen molar-refractivity contribution in [2.45, 2.75) is 25.7 Å². The minimum atomic E-state index is -0.157. The van der Waals surface area contributed by atoms with Crippen molar-refractivity contribution in [2.75, 3.05) is 42.6 Å². The van der Waals surface area contributed by atoms with Gasteiger partial charge in [-0.3, -0.25) is 14.6 Å². The lowest BCUT2D eigenvalue weighted by Gasteiger charge is -2.28. The Labute approximate surface area is 202 Å². The number of fused-ring (bicyclic) bond motifs is 3. The monoisotopic (exact) mass is 474 g/mol. The maximum atomic E-state index is 13.7. The van der Waals surface area contributed by atoms with Crippen LogP contribution in [0.15, 0.2) is 42.7 Å². The first kappa shape index (κ1) is 21.4. The summed E-state index contributed by atoms with van der Waals surface area (Å²) in [6.45, 7) is 3.29. The van der Waals surface area contributed by atoms with Crippen LogP contribution in [0.4, 0.5) is 11.5 Å². The maximum absolute atomic E-state index is 13.7. The summed E-state index contributed by atoms with van der Waals surface area (Å²) in [4.78, 5) is 41.2. The summed E-state index contributed by atoms with van der Waals surface area (Å²) in [7, 11) is 0. The summed E-state index contributed by atoms with van der Waals surface area (Å²) in [6.07, 6.45) is 6.95. The number of aromatic nitrogens is 2. The molecule has 8 heteroatoms. The first-order valence-corrected chi connectivity index (χ1v) is 12.7. The number of para-hydroxylation sites is 1. The molecule has 2 aromatic heterocycles. The molecule has 3 aliphatic rings. The number of rotatable bonds is 5. The zero-order valence-corrected chi connectivity index (χ0v) is 19.7. The molecule has 0 atom stereocenters. The number of carbonyl (C=O) groups is 2. The molecular formula is C26H26N4O3S. The van der Waals surface area contributed by atoms with Crippen LogP contribution in [0.1, 0.15) is 45.0 Å². The van der Waals surface area contributed by atoms with Gasteiger partial charge >= 0.3 is 0 Å². The normalized spacial score (nSPS) is 17.6. The lowest BCUT2D eigenvalue weighted by molar-refractivity contribution is 0.0972. The number of hydrogen-bond donors (Lipinski definition) is 0. The molecule has 4 heterocycles. The number of amides is 1. The van der Waals surface area contributed by atoms with E-state index in [9.17, 15) is 9.59 Å². The van der Waals surface area contributed by atoms with E-state index >= 15 is 0 Å². The van der Waals surface area contributed by atoms with E-state index in [4.69, 9.17) is 4.74 Å².